The molecule has 4 rings (SSSR count). The highest BCUT2D eigenvalue weighted by atomic mass is 16.5. The number of carbonyl (C=O) groups is 2. The summed E-state index contributed by atoms with van der Waals surface area (Å²) in [6.45, 7) is 2.05. The average molecular weight is 461 g/mol. The molecule has 34 heavy (non-hydrogen) atoms. The van der Waals surface area contributed by atoms with Gasteiger partial charge in [0.2, 0.25) is 0 Å². The molecule has 9 heteroatoms. The molecule has 5 N–H and O–H groups in total. The summed E-state index contributed by atoms with van der Waals surface area (Å²) in [4.78, 5) is 34.1. The minimum atomic E-state index is -0.353. The second-order valence-corrected chi connectivity index (χ2v) is 8.12. The van der Waals surface area contributed by atoms with E-state index in [4.69, 9.17) is 10.5 Å². The lowest BCUT2D eigenvalue weighted by atomic mass is 10.1. The number of amides is 2. The molecule has 1 aliphatic heterocycles. The predicted octanol–water partition coefficient (Wildman–Crippen LogP) is 2.15. The summed E-state index contributed by atoms with van der Waals surface area (Å²) in [6, 6.07) is 14.5. The molecule has 1 aliphatic rings. The molecule has 2 amide bonds. The number of carbonyl (C=O) groups excluding carboxylic acids is 2. The lowest BCUT2D eigenvalue weighted by Gasteiger charge is -2.23. The van der Waals surface area contributed by atoms with Crippen molar-refractivity contribution in [2.45, 2.75) is 25.4 Å². The van der Waals surface area contributed by atoms with Crippen LogP contribution in [0.5, 0.6) is 5.75 Å². The molecule has 1 atom stereocenters. The average Bonchev–Trinajstić information content (AvgIpc) is 2.88. The number of aromatic nitrogens is 2. The van der Waals surface area contributed by atoms with Gasteiger partial charge >= 0.3 is 0 Å². The van der Waals surface area contributed by atoms with E-state index in [2.05, 4.69) is 25.9 Å². The van der Waals surface area contributed by atoms with E-state index in [9.17, 15) is 9.59 Å². The number of anilines is 1. The molecule has 2 aromatic carbocycles. The number of hydrogen-bond acceptors (Lipinski definition) is 7. The van der Waals surface area contributed by atoms with Crippen molar-refractivity contribution >= 4 is 17.6 Å². The van der Waals surface area contributed by atoms with Crippen molar-refractivity contribution in [2.24, 2.45) is 0 Å². The molecule has 2 heterocycles. The van der Waals surface area contributed by atoms with Crippen LogP contribution >= 0.6 is 0 Å². The number of nitrogens with one attached hydrogen (secondary N) is 3. The maximum Gasteiger partial charge on any atom is 0.274 e. The Bertz CT molecular complexity index is 1160. The minimum Gasteiger partial charge on any atom is -0.497 e. The van der Waals surface area contributed by atoms with E-state index in [1.165, 1.54) is 6.20 Å². The maximum absolute atomic E-state index is 12.8. The second kappa shape index (κ2) is 10.8. The van der Waals surface area contributed by atoms with Crippen molar-refractivity contribution in [2.75, 3.05) is 25.9 Å². The summed E-state index contributed by atoms with van der Waals surface area (Å²) in [5.41, 5.74) is 8.59. The van der Waals surface area contributed by atoms with Crippen LogP contribution in [0.25, 0.3) is 11.3 Å². The first-order chi connectivity index (χ1) is 16.5. The third-order valence-corrected chi connectivity index (χ3v) is 5.68. The fourth-order valence-corrected chi connectivity index (χ4v) is 3.78. The lowest BCUT2D eigenvalue weighted by Crippen LogP contribution is -2.46. The van der Waals surface area contributed by atoms with Crippen LogP contribution in [-0.4, -0.2) is 48.0 Å². The molecule has 1 fully saturated rings. The zero-order valence-corrected chi connectivity index (χ0v) is 19.0. The van der Waals surface area contributed by atoms with E-state index < -0.39 is 0 Å². The third-order valence-electron chi connectivity index (χ3n) is 5.68. The molecule has 0 spiro atoms. The van der Waals surface area contributed by atoms with Crippen molar-refractivity contribution in [1.29, 1.82) is 0 Å². The number of methoxy groups -OCH3 is 1. The highest BCUT2D eigenvalue weighted by Gasteiger charge is 2.20. The van der Waals surface area contributed by atoms with Crippen molar-refractivity contribution in [3.05, 3.63) is 71.5 Å². The Labute approximate surface area is 198 Å². The summed E-state index contributed by atoms with van der Waals surface area (Å²) in [5, 5.41) is 9.14. The van der Waals surface area contributed by atoms with Crippen LogP contribution in [0.4, 0.5) is 5.82 Å². The first-order valence-corrected chi connectivity index (χ1v) is 11.2. The van der Waals surface area contributed by atoms with Gasteiger partial charge in [-0.1, -0.05) is 24.3 Å². The van der Waals surface area contributed by atoms with Gasteiger partial charge in [0, 0.05) is 30.3 Å². The van der Waals surface area contributed by atoms with Crippen LogP contribution in [0.15, 0.2) is 54.7 Å². The van der Waals surface area contributed by atoms with Crippen molar-refractivity contribution in [3.63, 3.8) is 0 Å². The van der Waals surface area contributed by atoms with Crippen LogP contribution in [0, 0.1) is 0 Å². The van der Waals surface area contributed by atoms with E-state index in [-0.39, 0.29) is 29.4 Å². The Kier molecular flexibility index (Phi) is 7.34. The molecule has 0 bridgehead atoms. The van der Waals surface area contributed by atoms with Crippen LogP contribution < -0.4 is 26.4 Å². The first-order valence-electron chi connectivity index (χ1n) is 11.2. The van der Waals surface area contributed by atoms with Crippen molar-refractivity contribution < 1.29 is 14.3 Å². The van der Waals surface area contributed by atoms with Gasteiger partial charge < -0.3 is 26.4 Å². The van der Waals surface area contributed by atoms with Gasteiger partial charge in [-0.15, -0.1) is 0 Å². The molecule has 0 radical (unpaired) electrons. The quantitative estimate of drug-likeness (QED) is 0.425. The topological polar surface area (TPSA) is 131 Å². The zero-order valence-electron chi connectivity index (χ0n) is 19.0. The molecule has 3 aromatic rings. The van der Waals surface area contributed by atoms with E-state index in [1.54, 1.807) is 25.3 Å². The van der Waals surface area contributed by atoms with Gasteiger partial charge in [-0.2, -0.15) is 0 Å². The predicted molar refractivity (Wildman–Crippen MR) is 129 cm³/mol. The number of nitrogens with zero attached hydrogens (tertiary/aromatic N) is 2. The number of piperidine rings is 1. The van der Waals surface area contributed by atoms with Crippen molar-refractivity contribution in [3.8, 4) is 17.0 Å². The van der Waals surface area contributed by atoms with Gasteiger partial charge in [-0.05, 0) is 49.2 Å². The smallest absolute Gasteiger partial charge is 0.274 e. The molecule has 0 saturated carbocycles. The van der Waals surface area contributed by atoms with E-state index >= 15 is 0 Å². The van der Waals surface area contributed by atoms with Crippen LogP contribution in [0.2, 0.25) is 0 Å². The Morgan fingerprint density at radius 3 is 2.74 bits per heavy atom. The Hall–Kier alpha value is -3.98. The number of nitrogen functional groups attached to an aromatic ring is 1. The molecule has 9 nitrogen and oxygen atoms in total. The molecular weight excluding hydrogens is 432 g/mol. The van der Waals surface area contributed by atoms with Crippen LogP contribution in [-0.2, 0) is 6.54 Å². The molecule has 1 unspecified atom stereocenters. The lowest BCUT2D eigenvalue weighted by molar-refractivity contribution is 0.0923. The number of ether oxygens (including phenoxy) is 1. The van der Waals surface area contributed by atoms with Gasteiger partial charge in [-0.25, -0.2) is 9.97 Å². The number of nitrogens with two attached hydrogens (primary N) is 1. The monoisotopic (exact) mass is 460 g/mol. The van der Waals surface area contributed by atoms with E-state index in [0.29, 0.717) is 29.9 Å². The summed E-state index contributed by atoms with van der Waals surface area (Å²) in [5.74, 6) is 0.257. The molecule has 176 valence electrons. The SMILES string of the molecule is COc1ccc(CNC(=O)c2cccc(-c3cnc(N)c(C(=O)NC4CCCNC4)n3)c2)cc1. The highest BCUT2D eigenvalue weighted by Crippen LogP contribution is 2.20. The largest absolute Gasteiger partial charge is 0.497 e. The van der Waals surface area contributed by atoms with Crippen LogP contribution in [0.1, 0.15) is 39.3 Å². The van der Waals surface area contributed by atoms with Gasteiger partial charge in [0.05, 0.1) is 19.0 Å². The molecule has 1 saturated heterocycles. The Morgan fingerprint density at radius 2 is 2.00 bits per heavy atom. The van der Waals surface area contributed by atoms with Crippen molar-refractivity contribution in [1.82, 2.24) is 25.9 Å². The minimum absolute atomic E-state index is 0.0313. The Morgan fingerprint density at radius 1 is 1.18 bits per heavy atom. The van der Waals surface area contributed by atoms with Gasteiger partial charge in [0.1, 0.15) is 5.75 Å². The number of rotatable bonds is 7. The van der Waals surface area contributed by atoms with Gasteiger partial charge in [-0.3, -0.25) is 9.59 Å². The van der Waals surface area contributed by atoms with Gasteiger partial charge in [0.25, 0.3) is 11.8 Å². The zero-order chi connectivity index (χ0) is 23.9. The second-order valence-electron chi connectivity index (χ2n) is 8.12. The Balaban J connectivity index is 1.46. The van der Waals surface area contributed by atoms with Crippen LogP contribution in [0.3, 0.4) is 0 Å². The normalized spacial score (nSPS) is 15.4. The maximum atomic E-state index is 12.8. The molecule has 1 aromatic heterocycles. The van der Waals surface area contributed by atoms with E-state index in [1.807, 2.05) is 30.3 Å². The summed E-state index contributed by atoms with van der Waals surface area (Å²) >= 11 is 0. The first kappa shape index (κ1) is 23.2. The summed E-state index contributed by atoms with van der Waals surface area (Å²) < 4.78 is 5.15. The fourth-order valence-electron chi connectivity index (χ4n) is 3.78. The third kappa shape index (κ3) is 5.68. The number of benzene rings is 2. The molecule has 0 aliphatic carbocycles. The standard InChI is InChI=1S/C25H28N6O3/c1-34-20-9-7-16(8-10-20)13-29-24(32)18-5-2-4-17(12-18)21-15-28-23(26)22(31-21)25(33)30-19-6-3-11-27-14-19/h2,4-5,7-10,12,15,19,27H,3,6,11,13-14H2,1H3,(H2,26,28)(H,29,32)(H,30,33). The van der Waals surface area contributed by atoms with Gasteiger partial charge in [0.15, 0.2) is 11.5 Å². The van der Waals surface area contributed by atoms with E-state index in [0.717, 1.165) is 30.7 Å². The number of hydrogen-bond donors (Lipinski definition) is 4. The summed E-state index contributed by atoms with van der Waals surface area (Å²) in [6.07, 6.45) is 3.40. The summed E-state index contributed by atoms with van der Waals surface area (Å²) in [7, 11) is 1.61. The highest BCUT2D eigenvalue weighted by molar-refractivity contribution is 5.97. The molecular formula is C25H28N6O3. The fraction of sp³-hybridized carbons (Fsp3) is 0.280.